The van der Waals surface area contributed by atoms with Crippen LogP contribution in [-0.2, 0) is 15.1 Å². The summed E-state index contributed by atoms with van der Waals surface area (Å²) in [5.74, 6) is -0.426. The molecular weight excluding hydrogens is 496 g/mol. The fourth-order valence-electron chi connectivity index (χ4n) is 4.96. The molecule has 190 valence electrons. The first-order valence-electron chi connectivity index (χ1n) is 12.3. The van der Waals surface area contributed by atoms with Crippen molar-refractivity contribution in [1.82, 2.24) is 0 Å². The van der Waals surface area contributed by atoms with Crippen molar-refractivity contribution >= 4 is 35.0 Å². The van der Waals surface area contributed by atoms with Gasteiger partial charge in [-0.15, -0.1) is 0 Å². The molecule has 2 amide bonds. The molecule has 5 nitrogen and oxygen atoms in total. The minimum atomic E-state index is -1.09. The van der Waals surface area contributed by atoms with E-state index in [1.165, 1.54) is 0 Å². The van der Waals surface area contributed by atoms with Gasteiger partial charge in [0.25, 0.3) is 5.91 Å². The van der Waals surface area contributed by atoms with Crippen molar-refractivity contribution in [3.8, 4) is 0 Å². The number of nitrogens with zero attached hydrogens (tertiary/aromatic N) is 2. The summed E-state index contributed by atoms with van der Waals surface area (Å²) in [5.41, 5.74) is 1.84. The Morgan fingerprint density at radius 1 is 0.763 bits per heavy atom. The van der Waals surface area contributed by atoms with E-state index in [2.05, 4.69) is 4.99 Å². The van der Waals surface area contributed by atoms with E-state index in [-0.39, 0.29) is 5.71 Å². The van der Waals surface area contributed by atoms with Gasteiger partial charge >= 0.3 is 6.09 Å². The molecular formula is C32H27ClN2O3. The molecule has 4 aromatic rings. The van der Waals surface area contributed by atoms with Gasteiger partial charge in [-0.1, -0.05) is 103 Å². The highest BCUT2D eigenvalue weighted by molar-refractivity contribution is 6.56. The lowest BCUT2D eigenvalue weighted by Gasteiger charge is -2.43. The highest BCUT2D eigenvalue weighted by atomic mass is 35.5. The lowest BCUT2D eigenvalue weighted by atomic mass is 9.75. The minimum Gasteiger partial charge on any atom is -0.442 e. The number of anilines is 1. The van der Waals surface area contributed by atoms with Crippen LogP contribution in [0.15, 0.2) is 114 Å². The van der Waals surface area contributed by atoms with E-state index >= 15 is 0 Å². The second-order valence-corrected chi connectivity index (χ2v) is 10.5. The molecule has 0 unspecified atom stereocenters. The molecule has 0 radical (unpaired) electrons. The minimum absolute atomic E-state index is 0.0121. The van der Waals surface area contributed by atoms with Crippen LogP contribution in [0.2, 0.25) is 5.02 Å². The number of hydrogen-bond acceptors (Lipinski definition) is 3. The molecule has 0 bridgehead atoms. The first-order chi connectivity index (χ1) is 18.2. The summed E-state index contributed by atoms with van der Waals surface area (Å²) in [4.78, 5) is 33.2. The summed E-state index contributed by atoms with van der Waals surface area (Å²) in [6.07, 6.45) is -0.826. The number of ether oxygens (including phenoxy) is 1. The maximum atomic E-state index is 14.5. The number of carbonyl (C=O) groups is 2. The summed E-state index contributed by atoms with van der Waals surface area (Å²) < 4.78 is 5.44. The molecule has 1 aliphatic heterocycles. The van der Waals surface area contributed by atoms with Gasteiger partial charge in [0, 0.05) is 10.6 Å². The lowest BCUT2D eigenvalue weighted by molar-refractivity contribution is -0.113. The Hall–Kier alpha value is -4.22. The number of carbonyl (C=O) groups excluding carboxylic acids is 2. The predicted octanol–water partition coefficient (Wildman–Crippen LogP) is 7.40. The van der Waals surface area contributed by atoms with Crippen LogP contribution in [0.25, 0.3) is 0 Å². The van der Waals surface area contributed by atoms with Crippen LogP contribution >= 0.6 is 11.6 Å². The summed E-state index contributed by atoms with van der Waals surface area (Å²) in [6.45, 7) is 5.27. The first-order valence-corrected chi connectivity index (χ1v) is 12.7. The van der Waals surface area contributed by atoms with Crippen molar-refractivity contribution in [2.45, 2.75) is 31.9 Å². The third kappa shape index (κ3) is 4.50. The number of benzene rings is 4. The fraction of sp³-hybridized carbons (Fsp3) is 0.156. The molecule has 6 heteroatoms. The number of halogens is 1. The van der Waals surface area contributed by atoms with Crippen LogP contribution in [0.1, 0.15) is 43.0 Å². The second kappa shape index (κ2) is 9.92. The van der Waals surface area contributed by atoms with Crippen LogP contribution in [0.5, 0.6) is 0 Å². The lowest BCUT2D eigenvalue weighted by Crippen LogP contribution is -2.51. The van der Waals surface area contributed by atoms with Gasteiger partial charge in [-0.05, 0) is 55.7 Å². The number of rotatable bonds is 4. The number of fused-ring (bicyclic) bond motifs is 1. The van der Waals surface area contributed by atoms with Crippen molar-refractivity contribution in [3.63, 3.8) is 0 Å². The molecule has 0 saturated heterocycles. The maximum Gasteiger partial charge on any atom is 0.434 e. The molecule has 38 heavy (non-hydrogen) atoms. The standard InChI is InChI=1S/C32H27ClN2O3/c1-31(2,3)38-30(37)34-28-26-20-19-25(33)21-27(26)35(29(28)36)32(22-13-7-4-8-14-22,23-15-9-5-10-16-23)24-17-11-6-12-18-24/h4-21H,1-3H3/b34-28+. The molecule has 0 spiro atoms. The summed E-state index contributed by atoms with van der Waals surface area (Å²) in [5, 5.41) is 0.461. The number of aliphatic imine (C=N–C) groups is 1. The van der Waals surface area contributed by atoms with Gasteiger partial charge in [0.1, 0.15) is 16.9 Å². The van der Waals surface area contributed by atoms with E-state index in [1.54, 1.807) is 43.9 Å². The Morgan fingerprint density at radius 3 is 1.68 bits per heavy atom. The quantitative estimate of drug-likeness (QED) is 0.262. The normalized spacial score (nSPS) is 14.5. The topological polar surface area (TPSA) is 59.0 Å². The molecule has 0 aromatic heterocycles. The highest BCUT2D eigenvalue weighted by Gasteiger charge is 2.51. The van der Waals surface area contributed by atoms with E-state index in [0.717, 1.165) is 16.7 Å². The van der Waals surface area contributed by atoms with Crippen LogP contribution < -0.4 is 4.90 Å². The second-order valence-electron chi connectivity index (χ2n) is 10.1. The predicted molar refractivity (Wildman–Crippen MR) is 151 cm³/mol. The van der Waals surface area contributed by atoms with Crippen molar-refractivity contribution in [2.24, 2.45) is 4.99 Å². The van der Waals surface area contributed by atoms with E-state index in [4.69, 9.17) is 16.3 Å². The molecule has 1 heterocycles. The third-order valence-corrected chi connectivity index (χ3v) is 6.60. The Labute approximate surface area is 227 Å². The fourth-order valence-corrected chi connectivity index (χ4v) is 5.13. The molecule has 4 aromatic carbocycles. The zero-order chi connectivity index (χ0) is 26.9. The third-order valence-electron chi connectivity index (χ3n) is 6.37. The van der Waals surface area contributed by atoms with Crippen molar-refractivity contribution < 1.29 is 14.3 Å². The molecule has 0 fully saturated rings. The smallest absolute Gasteiger partial charge is 0.434 e. The van der Waals surface area contributed by atoms with E-state index in [1.807, 2.05) is 91.0 Å². The summed E-state index contributed by atoms with van der Waals surface area (Å²) in [6, 6.07) is 34.7. The molecule has 5 rings (SSSR count). The van der Waals surface area contributed by atoms with Crippen LogP contribution in [0.4, 0.5) is 10.5 Å². The van der Waals surface area contributed by atoms with Gasteiger partial charge in [0.05, 0.1) is 5.69 Å². The van der Waals surface area contributed by atoms with Gasteiger partial charge in [0.2, 0.25) is 0 Å². The first kappa shape index (κ1) is 25.4. The zero-order valence-corrected chi connectivity index (χ0v) is 22.1. The Kier molecular flexibility index (Phi) is 6.64. The van der Waals surface area contributed by atoms with Gasteiger partial charge in [0.15, 0.2) is 0 Å². The maximum absolute atomic E-state index is 14.5. The van der Waals surface area contributed by atoms with E-state index < -0.39 is 23.1 Å². The molecule has 0 atom stereocenters. The van der Waals surface area contributed by atoms with Gasteiger partial charge in [-0.2, -0.15) is 4.99 Å². The van der Waals surface area contributed by atoms with Crippen molar-refractivity contribution in [1.29, 1.82) is 0 Å². The van der Waals surface area contributed by atoms with E-state index in [0.29, 0.717) is 16.3 Å². The molecule has 0 saturated carbocycles. The van der Waals surface area contributed by atoms with Crippen molar-refractivity contribution in [3.05, 3.63) is 136 Å². The zero-order valence-electron chi connectivity index (χ0n) is 21.4. The Bertz CT molecular complexity index is 1410. The number of amides is 2. The Balaban J connectivity index is 1.85. The summed E-state index contributed by atoms with van der Waals surface area (Å²) >= 11 is 6.50. The van der Waals surface area contributed by atoms with Crippen LogP contribution in [0, 0.1) is 0 Å². The largest absolute Gasteiger partial charge is 0.442 e. The van der Waals surface area contributed by atoms with E-state index in [9.17, 15) is 9.59 Å². The average molecular weight is 523 g/mol. The van der Waals surface area contributed by atoms with Crippen molar-refractivity contribution in [2.75, 3.05) is 4.90 Å². The number of hydrogen-bond donors (Lipinski definition) is 0. The molecule has 0 N–H and O–H groups in total. The van der Waals surface area contributed by atoms with Gasteiger partial charge < -0.3 is 4.74 Å². The van der Waals surface area contributed by atoms with Crippen LogP contribution in [0.3, 0.4) is 0 Å². The molecule has 0 aliphatic carbocycles. The van der Waals surface area contributed by atoms with Gasteiger partial charge in [-0.3, -0.25) is 9.69 Å². The highest BCUT2D eigenvalue weighted by Crippen LogP contribution is 2.48. The van der Waals surface area contributed by atoms with Crippen LogP contribution in [-0.4, -0.2) is 23.3 Å². The summed E-state index contributed by atoms with van der Waals surface area (Å²) in [7, 11) is 0. The monoisotopic (exact) mass is 522 g/mol. The average Bonchev–Trinajstić information content (AvgIpc) is 3.16. The van der Waals surface area contributed by atoms with Gasteiger partial charge in [-0.25, -0.2) is 4.79 Å². The SMILES string of the molecule is CC(C)(C)OC(=O)/N=C1/C(=O)N(C(c2ccccc2)(c2ccccc2)c2ccccc2)c2cc(Cl)ccc21. The Morgan fingerprint density at radius 2 is 1.24 bits per heavy atom. The molecule has 1 aliphatic rings.